The molecule has 3 N–H and O–H groups in total. The van der Waals surface area contributed by atoms with Gasteiger partial charge in [0.2, 0.25) is 0 Å². The maximum Gasteiger partial charge on any atom is 0.188 e. The van der Waals surface area contributed by atoms with E-state index in [-0.39, 0.29) is 0 Å². The van der Waals surface area contributed by atoms with Crippen LogP contribution in [0.3, 0.4) is 0 Å². The molecule has 0 saturated heterocycles. The number of ether oxygens (including phenoxy) is 1. The van der Waals surface area contributed by atoms with E-state index in [1.807, 2.05) is 24.3 Å². The number of nitrogens with zero attached hydrogens (tertiary/aromatic N) is 1. The fourth-order valence-electron chi connectivity index (χ4n) is 1.94. The lowest BCUT2D eigenvalue weighted by molar-refractivity contribution is 0.320. The zero-order valence-corrected chi connectivity index (χ0v) is 11.6. The van der Waals surface area contributed by atoms with Gasteiger partial charge in [-0.2, -0.15) is 0 Å². The summed E-state index contributed by atoms with van der Waals surface area (Å²) in [6, 6.07) is 8.03. The third-order valence-corrected chi connectivity index (χ3v) is 3.44. The number of hydrogen-bond donors (Lipinski definition) is 2. The summed E-state index contributed by atoms with van der Waals surface area (Å²) in [5.41, 5.74) is 7.02. The van der Waals surface area contributed by atoms with Crippen LogP contribution in [0.15, 0.2) is 29.3 Å². The topological polar surface area (TPSA) is 59.6 Å². The maximum absolute atomic E-state index is 5.78. The van der Waals surface area contributed by atoms with Crippen LogP contribution in [0.5, 0.6) is 5.75 Å². The Balaban J connectivity index is 1.59. The van der Waals surface area contributed by atoms with Gasteiger partial charge in [0.05, 0.1) is 6.54 Å². The van der Waals surface area contributed by atoms with Crippen LogP contribution in [-0.4, -0.2) is 25.7 Å². The number of guanidine groups is 1. The van der Waals surface area contributed by atoms with Crippen molar-refractivity contribution in [3.05, 3.63) is 29.8 Å². The lowest BCUT2D eigenvalue weighted by atomic mass is 9.86. The fraction of sp³-hybridized carbons (Fsp3) is 0.533. The SMILES string of the molecule is Cc1ccc(OCCNC(N)=NCC2CCC2)cc1. The Kier molecular flexibility index (Phi) is 5.07. The highest BCUT2D eigenvalue weighted by molar-refractivity contribution is 5.77. The summed E-state index contributed by atoms with van der Waals surface area (Å²) in [5.74, 6) is 2.17. The van der Waals surface area contributed by atoms with Gasteiger partial charge in [-0.1, -0.05) is 24.1 Å². The van der Waals surface area contributed by atoms with Crippen LogP contribution in [0.2, 0.25) is 0 Å². The van der Waals surface area contributed by atoms with Gasteiger partial charge in [0.25, 0.3) is 0 Å². The molecular formula is C15H23N3O. The molecule has 0 spiro atoms. The Morgan fingerprint density at radius 3 is 2.74 bits per heavy atom. The van der Waals surface area contributed by atoms with Crippen molar-refractivity contribution in [2.75, 3.05) is 19.7 Å². The highest BCUT2D eigenvalue weighted by atomic mass is 16.5. The van der Waals surface area contributed by atoms with Crippen molar-refractivity contribution in [2.45, 2.75) is 26.2 Å². The standard InChI is InChI=1S/C15H23N3O/c1-12-5-7-14(8-6-12)19-10-9-17-15(16)18-11-13-3-2-4-13/h5-8,13H,2-4,9-11H2,1H3,(H3,16,17,18). The van der Waals surface area contributed by atoms with Crippen molar-refractivity contribution in [1.29, 1.82) is 0 Å². The van der Waals surface area contributed by atoms with E-state index in [4.69, 9.17) is 10.5 Å². The van der Waals surface area contributed by atoms with Crippen molar-refractivity contribution in [1.82, 2.24) is 5.32 Å². The molecule has 2 rings (SSSR count). The molecule has 4 nitrogen and oxygen atoms in total. The van der Waals surface area contributed by atoms with Crippen LogP contribution in [0.4, 0.5) is 0 Å². The number of nitrogens with two attached hydrogens (primary N) is 1. The molecule has 0 bridgehead atoms. The van der Waals surface area contributed by atoms with Crippen molar-refractivity contribution >= 4 is 5.96 Å². The predicted molar refractivity (Wildman–Crippen MR) is 78.5 cm³/mol. The second-order valence-corrected chi connectivity index (χ2v) is 5.11. The van der Waals surface area contributed by atoms with Crippen molar-refractivity contribution in [3.63, 3.8) is 0 Å². The Morgan fingerprint density at radius 2 is 2.11 bits per heavy atom. The Hall–Kier alpha value is -1.71. The Labute approximate surface area is 115 Å². The van der Waals surface area contributed by atoms with Crippen LogP contribution in [-0.2, 0) is 0 Å². The van der Waals surface area contributed by atoms with Gasteiger partial charge in [-0.05, 0) is 37.8 Å². The van der Waals surface area contributed by atoms with Crippen LogP contribution in [0.25, 0.3) is 0 Å². The summed E-state index contributed by atoms with van der Waals surface area (Å²) in [6.07, 6.45) is 3.94. The van der Waals surface area contributed by atoms with E-state index in [2.05, 4.69) is 17.2 Å². The van der Waals surface area contributed by atoms with Gasteiger partial charge in [0, 0.05) is 6.54 Å². The molecule has 1 fully saturated rings. The fourth-order valence-corrected chi connectivity index (χ4v) is 1.94. The molecule has 0 aliphatic heterocycles. The Morgan fingerprint density at radius 1 is 1.37 bits per heavy atom. The monoisotopic (exact) mass is 261 g/mol. The zero-order valence-electron chi connectivity index (χ0n) is 11.6. The molecule has 1 aliphatic carbocycles. The van der Waals surface area contributed by atoms with Gasteiger partial charge in [0.1, 0.15) is 12.4 Å². The highest BCUT2D eigenvalue weighted by Crippen LogP contribution is 2.26. The van der Waals surface area contributed by atoms with Gasteiger partial charge >= 0.3 is 0 Å². The Bertz CT molecular complexity index is 410. The minimum atomic E-state index is 0.527. The molecule has 4 heteroatoms. The lowest BCUT2D eigenvalue weighted by Crippen LogP contribution is -2.35. The van der Waals surface area contributed by atoms with E-state index in [0.717, 1.165) is 18.2 Å². The summed E-state index contributed by atoms with van der Waals surface area (Å²) < 4.78 is 5.60. The van der Waals surface area contributed by atoms with E-state index in [0.29, 0.717) is 19.1 Å². The predicted octanol–water partition coefficient (Wildman–Crippen LogP) is 2.08. The molecule has 104 valence electrons. The first-order valence-electron chi connectivity index (χ1n) is 6.97. The lowest BCUT2D eigenvalue weighted by Gasteiger charge is -2.23. The van der Waals surface area contributed by atoms with E-state index < -0.39 is 0 Å². The van der Waals surface area contributed by atoms with Crippen LogP contribution >= 0.6 is 0 Å². The number of benzene rings is 1. The molecule has 1 aromatic rings. The summed E-state index contributed by atoms with van der Waals surface area (Å²) in [6.45, 7) is 4.18. The van der Waals surface area contributed by atoms with E-state index >= 15 is 0 Å². The average molecular weight is 261 g/mol. The quantitative estimate of drug-likeness (QED) is 0.468. The second kappa shape index (κ2) is 7.02. The largest absolute Gasteiger partial charge is 0.492 e. The highest BCUT2D eigenvalue weighted by Gasteiger charge is 2.16. The number of hydrogen-bond acceptors (Lipinski definition) is 2. The average Bonchev–Trinajstić information content (AvgIpc) is 2.35. The van der Waals surface area contributed by atoms with Gasteiger partial charge in [-0.15, -0.1) is 0 Å². The van der Waals surface area contributed by atoms with E-state index in [9.17, 15) is 0 Å². The summed E-state index contributed by atoms with van der Waals surface area (Å²) in [7, 11) is 0. The molecule has 0 radical (unpaired) electrons. The number of aliphatic imine (C=N–C) groups is 1. The first-order chi connectivity index (χ1) is 9.24. The van der Waals surface area contributed by atoms with Gasteiger partial charge in [-0.3, -0.25) is 4.99 Å². The van der Waals surface area contributed by atoms with Crippen LogP contribution in [0.1, 0.15) is 24.8 Å². The summed E-state index contributed by atoms with van der Waals surface area (Å²) >= 11 is 0. The van der Waals surface area contributed by atoms with Gasteiger partial charge in [-0.25, -0.2) is 0 Å². The molecule has 19 heavy (non-hydrogen) atoms. The molecule has 0 unspecified atom stereocenters. The van der Waals surface area contributed by atoms with E-state index in [1.165, 1.54) is 24.8 Å². The van der Waals surface area contributed by atoms with Crippen LogP contribution < -0.4 is 15.8 Å². The van der Waals surface area contributed by atoms with Gasteiger partial charge < -0.3 is 15.8 Å². The molecule has 1 saturated carbocycles. The van der Waals surface area contributed by atoms with Crippen LogP contribution in [0, 0.1) is 12.8 Å². The summed E-state index contributed by atoms with van der Waals surface area (Å²) in [4.78, 5) is 4.33. The van der Waals surface area contributed by atoms with E-state index in [1.54, 1.807) is 0 Å². The smallest absolute Gasteiger partial charge is 0.188 e. The zero-order chi connectivity index (χ0) is 13.5. The molecular weight excluding hydrogens is 238 g/mol. The first-order valence-corrected chi connectivity index (χ1v) is 6.97. The molecule has 0 atom stereocenters. The molecule has 0 aromatic heterocycles. The second-order valence-electron chi connectivity index (χ2n) is 5.11. The molecule has 1 aromatic carbocycles. The van der Waals surface area contributed by atoms with Crippen molar-refractivity contribution in [2.24, 2.45) is 16.6 Å². The third-order valence-electron chi connectivity index (χ3n) is 3.44. The molecule has 1 aliphatic rings. The van der Waals surface area contributed by atoms with Crippen molar-refractivity contribution < 1.29 is 4.74 Å². The first kappa shape index (κ1) is 13.7. The molecule has 0 heterocycles. The number of rotatable bonds is 6. The summed E-state index contributed by atoms with van der Waals surface area (Å²) in [5, 5.41) is 3.07. The minimum Gasteiger partial charge on any atom is -0.492 e. The maximum atomic E-state index is 5.78. The number of nitrogens with one attached hydrogen (secondary N) is 1. The molecule has 0 amide bonds. The van der Waals surface area contributed by atoms with Crippen molar-refractivity contribution in [3.8, 4) is 5.75 Å². The normalized spacial score (nSPS) is 15.9. The minimum absolute atomic E-state index is 0.527. The number of aryl methyl sites for hydroxylation is 1. The van der Waals surface area contributed by atoms with Gasteiger partial charge in [0.15, 0.2) is 5.96 Å². The third kappa shape index (κ3) is 4.81.